The van der Waals surface area contributed by atoms with Crippen LogP contribution in [-0.4, -0.2) is 62.3 Å². The Labute approximate surface area is 171 Å². The van der Waals surface area contributed by atoms with Gasteiger partial charge in [-0.1, -0.05) is 19.1 Å². The van der Waals surface area contributed by atoms with Gasteiger partial charge in [-0.05, 0) is 44.4 Å². The minimum Gasteiger partial charge on any atom is -0.354 e. The number of nitrogens with one attached hydrogen (secondary N) is 1. The van der Waals surface area contributed by atoms with E-state index >= 15 is 0 Å². The maximum Gasteiger partial charge on any atom is 0.317 e. The van der Waals surface area contributed by atoms with E-state index in [1.807, 2.05) is 18.7 Å². The van der Waals surface area contributed by atoms with Crippen LogP contribution in [0.25, 0.3) is 4.91 Å². The Morgan fingerprint density at radius 3 is 2.55 bits per heavy atom. The highest BCUT2D eigenvalue weighted by atomic mass is 32.2. The van der Waals surface area contributed by atoms with Crippen molar-refractivity contribution in [2.45, 2.75) is 39.7 Å². The number of carbonyl (C=O) groups excluding carboxylic acids is 1. The van der Waals surface area contributed by atoms with Crippen LogP contribution in [0.2, 0.25) is 0 Å². The number of rotatable bonds is 3. The molecule has 0 saturated carbocycles. The first-order chi connectivity index (χ1) is 13.7. The molecule has 1 unspecified atom stereocenters. The average molecular weight is 423 g/mol. The minimum absolute atomic E-state index is 0.0959. The monoisotopic (exact) mass is 422 g/mol. The van der Waals surface area contributed by atoms with Crippen molar-refractivity contribution in [1.82, 2.24) is 15.1 Å². The highest BCUT2D eigenvalue weighted by molar-refractivity contribution is 8.00. The van der Waals surface area contributed by atoms with Crippen molar-refractivity contribution < 1.29 is 17.6 Å². The van der Waals surface area contributed by atoms with Gasteiger partial charge in [0.25, 0.3) is 10.0 Å². The van der Waals surface area contributed by atoms with Crippen LogP contribution in [0, 0.1) is 5.82 Å². The molecular weight excluding hydrogens is 395 g/mol. The topological polar surface area (TPSA) is 82.1 Å². The zero-order valence-electron chi connectivity index (χ0n) is 17.0. The summed E-state index contributed by atoms with van der Waals surface area (Å²) in [7, 11) is -3.85. The van der Waals surface area contributed by atoms with E-state index < -0.39 is 15.8 Å². The van der Waals surface area contributed by atoms with Crippen molar-refractivity contribution >= 4 is 26.8 Å². The molecule has 0 bridgehead atoms. The fraction of sp³-hybridized carbons (Fsp3) is 0.500. The molecule has 0 aliphatic carbocycles. The molecule has 1 saturated heterocycles. The SMILES string of the molecule is CCC(C)NC(=O)N1CCCN(C2=NS(=O)(=O)C(c3ccc(F)cc3)=C2C)CC1. The van der Waals surface area contributed by atoms with Gasteiger partial charge in [-0.3, -0.25) is 0 Å². The van der Waals surface area contributed by atoms with Crippen molar-refractivity contribution in [1.29, 1.82) is 0 Å². The zero-order chi connectivity index (χ0) is 21.2. The second-order valence-corrected chi connectivity index (χ2v) is 8.98. The minimum atomic E-state index is -3.85. The first-order valence-electron chi connectivity index (χ1n) is 9.85. The average Bonchev–Trinajstić information content (AvgIpc) is 2.83. The summed E-state index contributed by atoms with van der Waals surface area (Å²) in [5.74, 6) is -0.0136. The molecule has 29 heavy (non-hydrogen) atoms. The van der Waals surface area contributed by atoms with E-state index in [9.17, 15) is 17.6 Å². The van der Waals surface area contributed by atoms with Crippen LogP contribution in [0.1, 0.15) is 39.2 Å². The van der Waals surface area contributed by atoms with Crippen molar-refractivity contribution in [2.24, 2.45) is 4.40 Å². The molecule has 9 heteroatoms. The van der Waals surface area contributed by atoms with Crippen LogP contribution >= 0.6 is 0 Å². The molecule has 2 aliphatic heterocycles. The van der Waals surface area contributed by atoms with Gasteiger partial charge in [0.05, 0.1) is 0 Å². The second-order valence-electron chi connectivity index (χ2n) is 7.44. The Hall–Kier alpha value is -2.42. The van der Waals surface area contributed by atoms with Crippen molar-refractivity contribution in [2.75, 3.05) is 26.2 Å². The molecule has 158 valence electrons. The molecule has 2 aliphatic rings. The highest BCUT2D eigenvalue weighted by Gasteiger charge is 2.34. The lowest BCUT2D eigenvalue weighted by atomic mass is 10.1. The van der Waals surface area contributed by atoms with E-state index in [-0.39, 0.29) is 17.0 Å². The van der Waals surface area contributed by atoms with Crippen LogP contribution in [-0.2, 0) is 10.0 Å². The van der Waals surface area contributed by atoms with Crippen molar-refractivity contribution in [3.05, 3.63) is 41.2 Å². The molecule has 2 heterocycles. The van der Waals surface area contributed by atoms with Crippen LogP contribution in [0.4, 0.5) is 9.18 Å². The summed E-state index contributed by atoms with van der Waals surface area (Å²) in [6.07, 6.45) is 1.57. The van der Waals surface area contributed by atoms with E-state index in [0.29, 0.717) is 49.6 Å². The molecule has 1 N–H and O–H groups in total. The quantitative estimate of drug-likeness (QED) is 0.812. The molecule has 1 fully saturated rings. The lowest BCUT2D eigenvalue weighted by Crippen LogP contribution is -2.45. The molecule has 0 aromatic heterocycles. The number of urea groups is 1. The molecule has 3 rings (SSSR count). The number of hydrogen-bond acceptors (Lipinski definition) is 4. The van der Waals surface area contributed by atoms with Crippen LogP contribution in [0.5, 0.6) is 0 Å². The van der Waals surface area contributed by atoms with E-state index in [0.717, 1.165) is 6.42 Å². The summed E-state index contributed by atoms with van der Waals surface area (Å²) in [4.78, 5) is 16.2. The molecule has 1 aromatic rings. The third-order valence-electron chi connectivity index (χ3n) is 5.31. The largest absolute Gasteiger partial charge is 0.354 e. The van der Waals surface area contributed by atoms with Crippen LogP contribution in [0.3, 0.4) is 0 Å². The fourth-order valence-corrected chi connectivity index (χ4v) is 5.00. The van der Waals surface area contributed by atoms with Gasteiger partial charge in [0.15, 0.2) is 0 Å². The normalized spacial score (nSPS) is 20.3. The molecule has 0 radical (unpaired) electrons. The maximum absolute atomic E-state index is 13.2. The van der Waals surface area contributed by atoms with E-state index in [1.165, 1.54) is 24.3 Å². The summed E-state index contributed by atoms with van der Waals surface area (Å²) >= 11 is 0. The number of benzene rings is 1. The molecule has 2 amide bonds. The molecule has 1 atom stereocenters. The van der Waals surface area contributed by atoms with Crippen LogP contribution in [0.15, 0.2) is 34.2 Å². The third kappa shape index (κ3) is 4.60. The predicted molar refractivity (Wildman–Crippen MR) is 111 cm³/mol. The first-order valence-corrected chi connectivity index (χ1v) is 11.3. The Morgan fingerprint density at radius 1 is 1.21 bits per heavy atom. The smallest absolute Gasteiger partial charge is 0.317 e. The maximum atomic E-state index is 13.2. The van der Waals surface area contributed by atoms with Gasteiger partial charge in [0.2, 0.25) is 0 Å². The number of nitrogens with zero attached hydrogens (tertiary/aromatic N) is 3. The van der Waals surface area contributed by atoms with Crippen molar-refractivity contribution in [3.8, 4) is 0 Å². The Kier molecular flexibility index (Phi) is 6.26. The fourth-order valence-electron chi connectivity index (χ4n) is 3.52. The van der Waals surface area contributed by atoms with Gasteiger partial charge in [-0.15, -0.1) is 4.40 Å². The van der Waals surface area contributed by atoms with E-state index in [1.54, 1.807) is 11.8 Å². The van der Waals surface area contributed by atoms with Gasteiger partial charge in [-0.2, -0.15) is 8.42 Å². The van der Waals surface area contributed by atoms with Crippen LogP contribution < -0.4 is 5.32 Å². The molecule has 0 spiro atoms. The van der Waals surface area contributed by atoms with Gasteiger partial charge < -0.3 is 15.1 Å². The highest BCUT2D eigenvalue weighted by Crippen LogP contribution is 2.33. The summed E-state index contributed by atoms with van der Waals surface area (Å²) in [5.41, 5.74) is 0.973. The van der Waals surface area contributed by atoms with Gasteiger partial charge in [-0.25, -0.2) is 9.18 Å². The summed E-state index contributed by atoms with van der Waals surface area (Å²) in [6.45, 7) is 7.89. The second kappa shape index (κ2) is 8.52. The van der Waals surface area contributed by atoms with E-state index in [4.69, 9.17) is 0 Å². The Morgan fingerprint density at radius 2 is 1.90 bits per heavy atom. The van der Waals surface area contributed by atoms with Crippen molar-refractivity contribution in [3.63, 3.8) is 0 Å². The summed E-state index contributed by atoms with van der Waals surface area (Å²) in [6, 6.07) is 5.39. The molecule has 1 aromatic carbocycles. The Balaban J connectivity index is 1.78. The third-order valence-corrected chi connectivity index (χ3v) is 6.78. The lowest BCUT2D eigenvalue weighted by Gasteiger charge is -2.25. The number of sulfonamides is 1. The van der Waals surface area contributed by atoms with Gasteiger partial charge in [0, 0.05) is 37.8 Å². The van der Waals surface area contributed by atoms with E-state index in [2.05, 4.69) is 9.71 Å². The summed E-state index contributed by atoms with van der Waals surface area (Å²) < 4.78 is 42.6. The molecular formula is C20H27FN4O3S. The molecule has 7 nitrogen and oxygen atoms in total. The summed E-state index contributed by atoms with van der Waals surface area (Å²) in [5, 5.41) is 2.97. The number of amides is 2. The first kappa shape index (κ1) is 21.3. The number of halogens is 1. The predicted octanol–water partition coefficient (Wildman–Crippen LogP) is 2.81. The van der Waals surface area contributed by atoms with Gasteiger partial charge >= 0.3 is 6.03 Å². The van der Waals surface area contributed by atoms with Gasteiger partial charge in [0.1, 0.15) is 16.6 Å². The number of hydrogen-bond donors (Lipinski definition) is 1. The Bertz CT molecular complexity index is 941. The zero-order valence-corrected chi connectivity index (χ0v) is 17.8. The number of carbonyl (C=O) groups is 1. The lowest BCUT2D eigenvalue weighted by molar-refractivity contribution is 0.196. The number of amidine groups is 1. The standard InChI is InChI=1S/C20H27FN4O3S/c1-4-14(2)22-20(26)25-11-5-10-24(12-13-25)19-15(3)18(29(27,28)23-19)16-6-8-17(21)9-7-16/h6-9,14H,4-5,10-13H2,1-3H3,(H,22,26).